The summed E-state index contributed by atoms with van der Waals surface area (Å²) in [6, 6.07) is 17.0. The largest absolute Gasteiger partial charge is 0.478 e. The van der Waals surface area contributed by atoms with Crippen LogP contribution in [0.5, 0.6) is 5.75 Å². The maximum absolute atomic E-state index is 12.9. The van der Waals surface area contributed by atoms with Crippen LogP contribution in [0.15, 0.2) is 62.9 Å². The van der Waals surface area contributed by atoms with E-state index in [4.69, 9.17) is 10.00 Å². The number of ether oxygens (including phenoxy) is 1. The van der Waals surface area contributed by atoms with E-state index >= 15 is 0 Å². The fourth-order valence-electron chi connectivity index (χ4n) is 2.62. The Balaban J connectivity index is 1.90. The molecule has 3 rings (SSSR count). The van der Waals surface area contributed by atoms with Gasteiger partial charge in [0.05, 0.1) is 15.1 Å². The molecular weight excluding hydrogens is 438 g/mol. The Labute approximate surface area is 176 Å². The highest BCUT2D eigenvalue weighted by atomic mass is 79.9. The number of carbonyl (C=O) groups is 1. The van der Waals surface area contributed by atoms with Gasteiger partial charge in [-0.1, -0.05) is 24.3 Å². The van der Waals surface area contributed by atoms with E-state index < -0.39 is 0 Å². The average molecular weight is 456 g/mol. The van der Waals surface area contributed by atoms with E-state index in [0.29, 0.717) is 15.8 Å². The lowest BCUT2D eigenvalue weighted by Crippen LogP contribution is -2.35. The van der Waals surface area contributed by atoms with Crippen LogP contribution in [0.4, 0.5) is 5.69 Å². The van der Waals surface area contributed by atoms with Crippen molar-refractivity contribution in [1.29, 1.82) is 5.26 Å². The SMILES string of the molecule is CC(C)N1C(=O)/C(=C\c2ccc(OCC#N)c(Br)c2)SC1=Nc1ccccc1. The quantitative estimate of drug-likeness (QED) is 0.568. The predicted molar refractivity (Wildman–Crippen MR) is 116 cm³/mol. The molecular formula is C21H18BrN3O2S. The van der Waals surface area contributed by atoms with Gasteiger partial charge < -0.3 is 4.74 Å². The van der Waals surface area contributed by atoms with Gasteiger partial charge in [-0.25, -0.2) is 4.99 Å². The maximum atomic E-state index is 12.9. The number of para-hydroxylation sites is 1. The molecule has 0 spiro atoms. The van der Waals surface area contributed by atoms with E-state index in [9.17, 15) is 4.79 Å². The lowest BCUT2D eigenvalue weighted by Gasteiger charge is -2.19. The van der Waals surface area contributed by atoms with E-state index in [2.05, 4.69) is 20.9 Å². The van der Waals surface area contributed by atoms with Gasteiger partial charge in [-0.3, -0.25) is 9.69 Å². The van der Waals surface area contributed by atoms with Gasteiger partial charge in [-0.15, -0.1) is 0 Å². The fraction of sp³-hybridized carbons (Fsp3) is 0.190. The van der Waals surface area contributed by atoms with Crippen LogP contribution < -0.4 is 4.74 Å². The summed E-state index contributed by atoms with van der Waals surface area (Å²) in [6.45, 7) is 3.93. The van der Waals surface area contributed by atoms with E-state index in [1.54, 1.807) is 11.0 Å². The lowest BCUT2D eigenvalue weighted by atomic mass is 10.2. The molecule has 1 aliphatic heterocycles. The molecule has 28 heavy (non-hydrogen) atoms. The van der Waals surface area contributed by atoms with Crippen molar-refractivity contribution in [3.8, 4) is 11.8 Å². The number of aliphatic imine (C=N–C) groups is 1. The summed E-state index contributed by atoms with van der Waals surface area (Å²) in [6.07, 6.45) is 1.84. The van der Waals surface area contributed by atoms with Crippen molar-refractivity contribution in [1.82, 2.24) is 4.90 Å². The van der Waals surface area contributed by atoms with Crippen molar-refractivity contribution in [3.63, 3.8) is 0 Å². The van der Waals surface area contributed by atoms with Gasteiger partial charge in [0.2, 0.25) is 0 Å². The van der Waals surface area contributed by atoms with Gasteiger partial charge in [0.25, 0.3) is 5.91 Å². The van der Waals surface area contributed by atoms with E-state index in [-0.39, 0.29) is 18.6 Å². The van der Waals surface area contributed by atoms with E-state index in [1.807, 2.05) is 68.5 Å². The van der Waals surface area contributed by atoms with Crippen molar-refractivity contribution in [2.24, 2.45) is 4.99 Å². The van der Waals surface area contributed by atoms with Gasteiger partial charge >= 0.3 is 0 Å². The predicted octanol–water partition coefficient (Wildman–Crippen LogP) is 5.36. The molecule has 0 aliphatic carbocycles. The zero-order valence-corrected chi connectivity index (χ0v) is 17.8. The smallest absolute Gasteiger partial charge is 0.266 e. The van der Waals surface area contributed by atoms with E-state index in [1.165, 1.54) is 11.8 Å². The molecule has 2 aromatic carbocycles. The molecule has 1 amide bonds. The molecule has 0 aromatic heterocycles. The molecule has 0 saturated carbocycles. The highest BCUT2D eigenvalue weighted by molar-refractivity contribution is 9.10. The van der Waals surface area contributed by atoms with Crippen LogP contribution in [-0.2, 0) is 4.79 Å². The summed E-state index contributed by atoms with van der Waals surface area (Å²) in [7, 11) is 0. The molecule has 0 N–H and O–H groups in total. The zero-order valence-electron chi connectivity index (χ0n) is 15.4. The van der Waals surface area contributed by atoms with Crippen LogP contribution in [0.3, 0.4) is 0 Å². The topological polar surface area (TPSA) is 65.7 Å². The Morgan fingerprint density at radius 1 is 1.29 bits per heavy atom. The maximum Gasteiger partial charge on any atom is 0.266 e. The zero-order chi connectivity index (χ0) is 20.1. The molecule has 0 atom stereocenters. The summed E-state index contributed by atoms with van der Waals surface area (Å²) < 4.78 is 6.06. The molecule has 0 unspecified atom stereocenters. The molecule has 1 aliphatic rings. The second-order valence-corrected chi connectivity index (χ2v) is 8.11. The van der Waals surface area contributed by atoms with Crippen molar-refractivity contribution in [2.75, 3.05) is 6.61 Å². The standard InChI is InChI=1S/C21H18BrN3O2S/c1-14(2)25-20(26)19(28-21(25)24-16-6-4-3-5-7-16)13-15-8-9-18(17(22)12-15)27-11-10-23/h3-9,12-14H,11H2,1-2H3/b19-13+,24-21?. The molecule has 142 valence electrons. The number of thioether (sulfide) groups is 1. The number of nitrogens with zero attached hydrogens (tertiary/aromatic N) is 3. The third-order valence-electron chi connectivity index (χ3n) is 3.88. The molecule has 0 bridgehead atoms. The van der Waals surface area contributed by atoms with Crippen LogP contribution in [0, 0.1) is 11.3 Å². The van der Waals surface area contributed by atoms with Gasteiger partial charge in [-0.2, -0.15) is 5.26 Å². The first-order valence-electron chi connectivity index (χ1n) is 8.65. The first-order chi connectivity index (χ1) is 13.5. The van der Waals surface area contributed by atoms with Gasteiger partial charge in [0.15, 0.2) is 11.8 Å². The Morgan fingerprint density at radius 2 is 2.04 bits per heavy atom. The summed E-state index contributed by atoms with van der Waals surface area (Å²) >= 11 is 4.81. The van der Waals surface area contributed by atoms with Crippen LogP contribution in [0.1, 0.15) is 19.4 Å². The first kappa shape index (κ1) is 20.2. The summed E-state index contributed by atoms with van der Waals surface area (Å²) in [5.41, 5.74) is 1.67. The fourth-order valence-corrected chi connectivity index (χ4v) is 4.25. The van der Waals surface area contributed by atoms with Crippen molar-refractivity contribution >= 4 is 50.5 Å². The molecule has 1 saturated heterocycles. The Morgan fingerprint density at radius 3 is 2.68 bits per heavy atom. The third-order valence-corrected chi connectivity index (χ3v) is 5.48. The number of rotatable bonds is 5. The minimum atomic E-state index is -0.0596. The minimum absolute atomic E-state index is 0.00172. The average Bonchev–Trinajstić information content (AvgIpc) is 2.97. The normalized spacial score (nSPS) is 16.8. The monoisotopic (exact) mass is 455 g/mol. The molecule has 2 aromatic rings. The van der Waals surface area contributed by atoms with Crippen LogP contribution in [0.25, 0.3) is 6.08 Å². The van der Waals surface area contributed by atoms with Crippen LogP contribution in [0.2, 0.25) is 0 Å². The summed E-state index contributed by atoms with van der Waals surface area (Å²) in [5.74, 6) is 0.528. The third kappa shape index (κ3) is 4.64. The number of halogens is 1. The van der Waals surface area contributed by atoms with Crippen molar-refractivity contribution in [3.05, 3.63) is 63.5 Å². The van der Waals surface area contributed by atoms with Crippen LogP contribution in [-0.4, -0.2) is 28.6 Å². The van der Waals surface area contributed by atoms with Crippen molar-refractivity contribution < 1.29 is 9.53 Å². The van der Waals surface area contributed by atoms with Gasteiger partial charge in [-0.05, 0) is 77.4 Å². The number of hydrogen-bond acceptors (Lipinski definition) is 5. The van der Waals surface area contributed by atoms with Crippen LogP contribution >= 0.6 is 27.7 Å². The number of amidine groups is 1. The second-order valence-electron chi connectivity index (χ2n) is 6.25. The van der Waals surface area contributed by atoms with Gasteiger partial charge in [0.1, 0.15) is 11.8 Å². The molecule has 7 heteroatoms. The number of benzene rings is 2. The molecule has 0 radical (unpaired) electrons. The first-order valence-corrected chi connectivity index (χ1v) is 10.3. The summed E-state index contributed by atoms with van der Waals surface area (Å²) in [5, 5.41) is 9.31. The summed E-state index contributed by atoms with van der Waals surface area (Å²) in [4.78, 5) is 19.9. The molecule has 1 heterocycles. The van der Waals surface area contributed by atoms with E-state index in [0.717, 1.165) is 15.7 Å². The number of carbonyl (C=O) groups excluding carboxylic acids is 1. The highest BCUT2D eigenvalue weighted by Crippen LogP contribution is 2.36. The lowest BCUT2D eigenvalue weighted by molar-refractivity contribution is -0.123. The van der Waals surface area contributed by atoms with Gasteiger partial charge in [0, 0.05) is 6.04 Å². The number of amides is 1. The number of hydrogen-bond donors (Lipinski definition) is 0. The van der Waals surface area contributed by atoms with Crippen molar-refractivity contribution in [2.45, 2.75) is 19.9 Å². The minimum Gasteiger partial charge on any atom is -0.478 e. The Hall–Kier alpha value is -2.56. The molecule has 1 fully saturated rings. The highest BCUT2D eigenvalue weighted by Gasteiger charge is 2.35. The Kier molecular flexibility index (Phi) is 6.55. The molecule has 5 nitrogen and oxygen atoms in total. The Bertz CT molecular complexity index is 981. The second kappa shape index (κ2) is 9.09. The number of nitriles is 1.